The van der Waals surface area contributed by atoms with Gasteiger partial charge >= 0.3 is 5.69 Å². The molecule has 2 rings (SSSR count). The summed E-state index contributed by atoms with van der Waals surface area (Å²) in [6.45, 7) is 2.36. The zero-order chi connectivity index (χ0) is 15.6. The summed E-state index contributed by atoms with van der Waals surface area (Å²) in [7, 11) is 1.61. The fourth-order valence-corrected chi connectivity index (χ4v) is 2.82. The van der Waals surface area contributed by atoms with Gasteiger partial charge in [-0.15, -0.1) is 11.3 Å². The Balaban J connectivity index is 2.21. The predicted molar refractivity (Wildman–Crippen MR) is 77.9 cm³/mol. The molecule has 0 atom stereocenters. The van der Waals surface area contributed by atoms with Gasteiger partial charge in [-0.2, -0.15) is 4.39 Å². The number of nitrogens with zero attached hydrogens (tertiary/aromatic N) is 2. The van der Waals surface area contributed by atoms with Gasteiger partial charge in [0.15, 0.2) is 0 Å². The maximum Gasteiger partial charge on any atom is 0.305 e. The molecule has 0 fully saturated rings. The fraction of sp³-hybridized carbons (Fsp3) is 0.214. The molecular weight excluding hydrogens is 295 g/mol. The monoisotopic (exact) mass is 308 g/mol. The van der Waals surface area contributed by atoms with Crippen LogP contribution in [0.25, 0.3) is 0 Å². The first-order valence-corrected chi connectivity index (χ1v) is 7.00. The summed E-state index contributed by atoms with van der Waals surface area (Å²) in [6.07, 6.45) is 0. The Bertz CT molecular complexity index is 699. The zero-order valence-electron chi connectivity index (χ0n) is 11.5. The summed E-state index contributed by atoms with van der Waals surface area (Å²) in [4.78, 5) is 24.6. The molecule has 7 heteroatoms. The average Bonchev–Trinajstić information content (AvgIpc) is 2.83. The standard InChI is InChI=1S/C14H13FN2O3S/c1-9-5-6-21-13(9)8-16(2)14(18)10-3-4-11(15)12(7-10)17(19)20/h3-7H,8H2,1-2H3. The van der Waals surface area contributed by atoms with Crippen molar-refractivity contribution in [2.45, 2.75) is 13.5 Å². The van der Waals surface area contributed by atoms with Crippen molar-refractivity contribution >= 4 is 22.9 Å². The second-order valence-corrected chi connectivity index (χ2v) is 5.61. The van der Waals surface area contributed by atoms with E-state index in [2.05, 4.69) is 0 Å². The van der Waals surface area contributed by atoms with Gasteiger partial charge in [0.2, 0.25) is 5.82 Å². The molecule has 0 aliphatic heterocycles. The lowest BCUT2D eigenvalue weighted by molar-refractivity contribution is -0.387. The van der Waals surface area contributed by atoms with Crippen molar-refractivity contribution in [2.24, 2.45) is 0 Å². The molecule has 0 aliphatic carbocycles. The second-order valence-electron chi connectivity index (χ2n) is 4.61. The minimum absolute atomic E-state index is 0.0970. The number of nitro benzene ring substituents is 1. The lowest BCUT2D eigenvalue weighted by Crippen LogP contribution is -2.26. The van der Waals surface area contributed by atoms with Gasteiger partial charge in [0, 0.05) is 23.6 Å². The van der Waals surface area contributed by atoms with Gasteiger partial charge in [-0.3, -0.25) is 14.9 Å². The molecule has 0 bridgehead atoms. The topological polar surface area (TPSA) is 63.5 Å². The van der Waals surface area contributed by atoms with E-state index in [1.165, 1.54) is 22.3 Å². The molecule has 1 aromatic heterocycles. The molecule has 1 amide bonds. The molecule has 0 spiro atoms. The fourth-order valence-electron chi connectivity index (χ4n) is 1.86. The van der Waals surface area contributed by atoms with E-state index in [0.29, 0.717) is 6.54 Å². The van der Waals surface area contributed by atoms with E-state index < -0.39 is 16.4 Å². The van der Waals surface area contributed by atoms with Crippen molar-refractivity contribution in [3.05, 3.63) is 61.6 Å². The Morgan fingerprint density at radius 1 is 1.43 bits per heavy atom. The Labute approximate surface area is 124 Å². The smallest absolute Gasteiger partial charge is 0.305 e. The number of hydrogen-bond acceptors (Lipinski definition) is 4. The van der Waals surface area contributed by atoms with Crippen LogP contribution >= 0.6 is 11.3 Å². The predicted octanol–water partition coefficient (Wildman–Crippen LogP) is 3.38. The molecule has 0 unspecified atom stereocenters. The van der Waals surface area contributed by atoms with Crippen molar-refractivity contribution in [1.29, 1.82) is 0 Å². The quantitative estimate of drug-likeness (QED) is 0.642. The van der Waals surface area contributed by atoms with E-state index in [1.807, 2.05) is 18.4 Å². The largest absolute Gasteiger partial charge is 0.337 e. The summed E-state index contributed by atoms with van der Waals surface area (Å²) in [5.74, 6) is -1.33. The number of carbonyl (C=O) groups is 1. The number of thiophene rings is 1. The molecular formula is C14H13FN2O3S. The molecule has 0 radical (unpaired) electrons. The van der Waals surface area contributed by atoms with E-state index in [-0.39, 0.29) is 11.5 Å². The third-order valence-corrected chi connectivity index (χ3v) is 4.09. The SMILES string of the molecule is Cc1ccsc1CN(C)C(=O)c1ccc(F)c([N+](=O)[O-])c1. The van der Waals surface area contributed by atoms with Crippen LogP contribution in [0.2, 0.25) is 0 Å². The molecule has 1 aromatic carbocycles. The Kier molecular flexibility index (Phi) is 4.32. The van der Waals surface area contributed by atoms with E-state index >= 15 is 0 Å². The van der Waals surface area contributed by atoms with Crippen molar-refractivity contribution in [3.8, 4) is 0 Å². The van der Waals surface area contributed by atoms with Crippen LogP contribution in [-0.4, -0.2) is 22.8 Å². The molecule has 0 saturated heterocycles. The maximum absolute atomic E-state index is 13.3. The summed E-state index contributed by atoms with van der Waals surface area (Å²) in [5.41, 5.74) is 0.492. The number of carbonyl (C=O) groups excluding carboxylic acids is 1. The van der Waals surface area contributed by atoms with Gasteiger partial charge in [0.25, 0.3) is 5.91 Å². The number of benzene rings is 1. The van der Waals surface area contributed by atoms with Crippen molar-refractivity contribution in [3.63, 3.8) is 0 Å². The number of rotatable bonds is 4. The molecule has 0 aliphatic rings. The number of aryl methyl sites for hydroxylation is 1. The third kappa shape index (κ3) is 3.25. The first-order valence-electron chi connectivity index (χ1n) is 6.12. The second kappa shape index (κ2) is 6.01. The number of amides is 1. The van der Waals surface area contributed by atoms with Gasteiger partial charge < -0.3 is 4.90 Å². The highest BCUT2D eigenvalue weighted by Crippen LogP contribution is 2.21. The van der Waals surface area contributed by atoms with Gasteiger partial charge in [-0.25, -0.2) is 0 Å². The zero-order valence-corrected chi connectivity index (χ0v) is 12.3. The van der Waals surface area contributed by atoms with E-state index in [9.17, 15) is 19.3 Å². The van der Waals surface area contributed by atoms with Crippen LogP contribution in [0.3, 0.4) is 0 Å². The molecule has 1 heterocycles. The van der Waals surface area contributed by atoms with Crippen LogP contribution in [0.5, 0.6) is 0 Å². The van der Waals surface area contributed by atoms with Gasteiger partial charge in [-0.05, 0) is 36.1 Å². The highest BCUT2D eigenvalue weighted by Gasteiger charge is 2.20. The molecule has 21 heavy (non-hydrogen) atoms. The van der Waals surface area contributed by atoms with Crippen LogP contribution in [0.4, 0.5) is 10.1 Å². The van der Waals surface area contributed by atoms with Crippen LogP contribution in [0.15, 0.2) is 29.6 Å². The maximum atomic E-state index is 13.3. The highest BCUT2D eigenvalue weighted by molar-refractivity contribution is 7.10. The molecule has 2 aromatic rings. The molecule has 5 nitrogen and oxygen atoms in total. The van der Waals surface area contributed by atoms with Gasteiger partial charge in [0.05, 0.1) is 11.5 Å². The van der Waals surface area contributed by atoms with E-state index in [4.69, 9.17) is 0 Å². The number of halogens is 1. The minimum atomic E-state index is -0.951. The Morgan fingerprint density at radius 3 is 2.71 bits per heavy atom. The van der Waals surface area contributed by atoms with E-state index in [0.717, 1.165) is 22.6 Å². The van der Waals surface area contributed by atoms with Crippen molar-refractivity contribution in [1.82, 2.24) is 4.90 Å². The summed E-state index contributed by atoms with van der Waals surface area (Å²) >= 11 is 1.54. The van der Waals surface area contributed by atoms with Gasteiger partial charge in [-0.1, -0.05) is 0 Å². The van der Waals surface area contributed by atoms with Crippen LogP contribution < -0.4 is 0 Å². The highest BCUT2D eigenvalue weighted by atomic mass is 32.1. The van der Waals surface area contributed by atoms with Gasteiger partial charge in [0.1, 0.15) is 0 Å². The first kappa shape index (κ1) is 15.1. The van der Waals surface area contributed by atoms with E-state index in [1.54, 1.807) is 7.05 Å². The number of nitro groups is 1. The van der Waals surface area contributed by atoms with Crippen molar-refractivity contribution in [2.75, 3.05) is 7.05 Å². The van der Waals surface area contributed by atoms with Crippen LogP contribution in [0.1, 0.15) is 20.8 Å². The minimum Gasteiger partial charge on any atom is -0.337 e. The molecule has 110 valence electrons. The third-order valence-electron chi connectivity index (χ3n) is 3.09. The normalized spacial score (nSPS) is 10.4. The number of hydrogen-bond donors (Lipinski definition) is 0. The lowest BCUT2D eigenvalue weighted by Gasteiger charge is -2.17. The first-order chi connectivity index (χ1) is 9.90. The molecule has 0 N–H and O–H groups in total. The lowest BCUT2D eigenvalue weighted by atomic mass is 10.1. The van der Waals surface area contributed by atoms with Crippen molar-refractivity contribution < 1.29 is 14.1 Å². The summed E-state index contributed by atoms with van der Waals surface area (Å²) in [5, 5.41) is 12.6. The summed E-state index contributed by atoms with van der Waals surface area (Å²) < 4.78 is 13.3. The van der Waals surface area contributed by atoms with Crippen LogP contribution in [-0.2, 0) is 6.54 Å². The average molecular weight is 308 g/mol. The Morgan fingerprint density at radius 2 is 2.14 bits per heavy atom. The van der Waals surface area contributed by atoms with Crippen LogP contribution in [0, 0.1) is 22.9 Å². The Hall–Kier alpha value is -2.28. The summed E-state index contributed by atoms with van der Waals surface area (Å²) in [6, 6.07) is 5.12. The molecule has 0 saturated carbocycles.